The van der Waals surface area contributed by atoms with Gasteiger partial charge in [0.15, 0.2) is 11.3 Å². The molecule has 2 aromatic heterocycles. The third kappa shape index (κ3) is 1.42. The van der Waals surface area contributed by atoms with Crippen molar-refractivity contribution in [2.75, 3.05) is 5.73 Å². The lowest BCUT2D eigenvalue weighted by molar-refractivity contribution is 0.528. The van der Waals surface area contributed by atoms with Gasteiger partial charge < -0.3 is 14.6 Å². The zero-order valence-electron chi connectivity index (χ0n) is 9.01. The molecule has 0 unspecified atom stereocenters. The Labute approximate surface area is 95.3 Å². The molecule has 0 spiro atoms. The van der Waals surface area contributed by atoms with Gasteiger partial charge in [0.1, 0.15) is 0 Å². The van der Waals surface area contributed by atoms with Gasteiger partial charge in [0, 0.05) is 12.6 Å². The Kier molecular flexibility index (Phi) is 1.85. The molecular formula is C11H9N3O3. The van der Waals surface area contributed by atoms with Crippen molar-refractivity contribution in [3.05, 3.63) is 34.9 Å². The first-order valence-electron chi connectivity index (χ1n) is 4.96. The van der Waals surface area contributed by atoms with Crippen LogP contribution in [-0.2, 0) is 7.05 Å². The molecule has 0 amide bonds. The maximum atomic E-state index is 11.3. The van der Waals surface area contributed by atoms with E-state index < -0.39 is 5.76 Å². The quantitative estimate of drug-likeness (QED) is 0.683. The van der Waals surface area contributed by atoms with Crippen LogP contribution in [0.25, 0.3) is 22.4 Å². The van der Waals surface area contributed by atoms with Crippen LogP contribution in [0.15, 0.2) is 38.0 Å². The molecule has 0 aliphatic rings. The first kappa shape index (κ1) is 9.71. The van der Waals surface area contributed by atoms with Gasteiger partial charge in [-0.15, -0.1) is 0 Å². The standard InChI is InChI=1S/C11H9N3O3/c1-14-7-4-6(9-5-13-10(12)16-9)2-3-8(7)17-11(14)15/h2-5H,1H3,(H2,12,13). The molecule has 2 heterocycles. The van der Waals surface area contributed by atoms with E-state index in [2.05, 4.69) is 4.98 Å². The zero-order valence-corrected chi connectivity index (χ0v) is 9.01. The van der Waals surface area contributed by atoms with Gasteiger partial charge in [-0.05, 0) is 18.2 Å². The fourth-order valence-corrected chi connectivity index (χ4v) is 1.70. The summed E-state index contributed by atoms with van der Waals surface area (Å²) in [5.41, 5.74) is 7.43. The van der Waals surface area contributed by atoms with E-state index in [0.29, 0.717) is 16.9 Å². The normalized spacial score (nSPS) is 11.1. The van der Waals surface area contributed by atoms with Crippen molar-refractivity contribution < 1.29 is 8.83 Å². The largest absolute Gasteiger partial charge is 0.424 e. The number of hydrogen-bond acceptors (Lipinski definition) is 5. The molecule has 17 heavy (non-hydrogen) atoms. The summed E-state index contributed by atoms with van der Waals surface area (Å²) in [4.78, 5) is 15.2. The fourth-order valence-electron chi connectivity index (χ4n) is 1.70. The molecule has 0 bridgehead atoms. The number of benzene rings is 1. The van der Waals surface area contributed by atoms with E-state index in [9.17, 15) is 4.79 Å². The van der Waals surface area contributed by atoms with Crippen LogP contribution in [0.3, 0.4) is 0 Å². The van der Waals surface area contributed by atoms with Crippen LogP contribution >= 0.6 is 0 Å². The Morgan fingerprint density at radius 1 is 1.35 bits per heavy atom. The van der Waals surface area contributed by atoms with E-state index in [1.165, 1.54) is 10.8 Å². The monoisotopic (exact) mass is 231 g/mol. The molecule has 6 nitrogen and oxygen atoms in total. The number of nitrogens with two attached hydrogens (primary N) is 1. The molecule has 86 valence electrons. The predicted octanol–water partition coefficient (Wildman–Crippen LogP) is 1.37. The highest BCUT2D eigenvalue weighted by atomic mass is 16.4. The number of oxazole rings is 2. The Bertz CT molecular complexity index is 751. The summed E-state index contributed by atoms with van der Waals surface area (Å²) in [7, 11) is 1.65. The molecule has 2 N–H and O–H groups in total. The maximum absolute atomic E-state index is 11.3. The minimum absolute atomic E-state index is 0.112. The van der Waals surface area contributed by atoms with Crippen molar-refractivity contribution in [2.24, 2.45) is 7.05 Å². The molecule has 0 radical (unpaired) electrons. The van der Waals surface area contributed by atoms with Crippen molar-refractivity contribution >= 4 is 17.1 Å². The van der Waals surface area contributed by atoms with Crippen LogP contribution < -0.4 is 11.5 Å². The number of rotatable bonds is 1. The first-order valence-corrected chi connectivity index (χ1v) is 4.96. The number of fused-ring (bicyclic) bond motifs is 1. The predicted molar refractivity (Wildman–Crippen MR) is 61.4 cm³/mol. The highest BCUT2D eigenvalue weighted by Gasteiger charge is 2.09. The van der Waals surface area contributed by atoms with Gasteiger partial charge in [-0.1, -0.05) is 0 Å². The number of nitrogens with zero attached hydrogens (tertiary/aromatic N) is 2. The summed E-state index contributed by atoms with van der Waals surface area (Å²) in [5, 5.41) is 0. The second-order valence-corrected chi connectivity index (χ2v) is 3.67. The average molecular weight is 231 g/mol. The van der Waals surface area contributed by atoms with Crippen LogP contribution in [0.2, 0.25) is 0 Å². The molecule has 0 aliphatic heterocycles. The van der Waals surface area contributed by atoms with E-state index in [0.717, 1.165) is 5.56 Å². The van der Waals surface area contributed by atoms with E-state index >= 15 is 0 Å². The van der Waals surface area contributed by atoms with E-state index in [-0.39, 0.29) is 6.01 Å². The van der Waals surface area contributed by atoms with Gasteiger partial charge in [-0.25, -0.2) is 9.78 Å². The van der Waals surface area contributed by atoms with Crippen molar-refractivity contribution in [1.82, 2.24) is 9.55 Å². The van der Waals surface area contributed by atoms with Crippen molar-refractivity contribution in [3.63, 3.8) is 0 Å². The molecule has 3 aromatic rings. The lowest BCUT2D eigenvalue weighted by atomic mass is 10.2. The Morgan fingerprint density at radius 3 is 2.88 bits per heavy atom. The highest BCUT2D eigenvalue weighted by molar-refractivity contribution is 5.79. The van der Waals surface area contributed by atoms with Crippen molar-refractivity contribution in [3.8, 4) is 11.3 Å². The third-order valence-corrected chi connectivity index (χ3v) is 2.60. The summed E-state index contributed by atoms with van der Waals surface area (Å²) in [5.74, 6) is 0.160. The molecule has 0 fully saturated rings. The third-order valence-electron chi connectivity index (χ3n) is 2.60. The molecule has 3 rings (SSSR count). The van der Waals surface area contributed by atoms with Gasteiger partial charge in [0.05, 0.1) is 11.7 Å². The van der Waals surface area contributed by atoms with Crippen LogP contribution in [0, 0.1) is 0 Å². The van der Waals surface area contributed by atoms with E-state index in [4.69, 9.17) is 14.6 Å². The van der Waals surface area contributed by atoms with Crippen molar-refractivity contribution in [2.45, 2.75) is 0 Å². The lowest BCUT2D eigenvalue weighted by Crippen LogP contribution is -2.08. The Hall–Kier alpha value is -2.50. The number of aryl methyl sites for hydroxylation is 1. The van der Waals surface area contributed by atoms with Crippen LogP contribution in [-0.4, -0.2) is 9.55 Å². The molecular weight excluding hydrogens is 222 g/mol. The van der Waals surface area contributed by atoms with Crippen LogP contribution in [0.5, 0.6) is 0 Å². The second-order valence-electron chi connectivity index (χ2n) is 3.67. The maximum Gasteiger partial charge on any atom is 0.419 e. The van der Waals surface area contributed by atoms with Gasteiger partial charge in [-0.3, -0.25) is 4.57 Å². The number of hydrogen-bond donors (Lipinski definition) is 1. The summed E-state index contributed by atoms with van der Waals surface area (Å²) in [6.45, 7) is 0. The Balaban J connectivity index is 2.25. The smallest absolute Gasteiger partial charge is 0.419 e. The average Bonchev–Trinajstić information content (AvgIpc) is 2.85. The van der Waals surface area contributed by atoms with Crippen molar-refractivity contribution in [1.29, 1.82) is 0 Å². The number of nitrogen functional groups attached to an aromatic ring is 1. The highest BCUT2D eigenvalue weighted by Crippen LogP contribution is 2.24. The van der Waals surface area contributed by atoms with Crippen LogP contribution in [0.4, 0.5) is 6.01 Å². The SMILES string of the molecule is Cn1c(=O)oc2ccc(-c3cnc(N)o3)cc21. The van der Waals surface area contributed by atoms with Gasteiger partial charge in [0.2, 0.25) is 0 Å². The first-order chi connectivity index (χ1) is 8.15. The molecule has 0 saturated carbocycles. The molecule has 1 aromatic carbocycles. The van der Waals surface area contributed by atoms with E-state index in [1.54, 1.807) is 25.2 Å². The molecule has 0 saturated heterocycles. The second kappa shape index (κ2) is 3.24. The lowest BCUT2D eigenvalue weighted by Gasteiger charge is -1.96. The summed E-state index contributed by atoms with van der Waals surface area (Å²) in [6.07, 6.45) is 1.54. The minimum atomic E-state index is -0.394. The zero-order chi connectivity index (χ0) is 12.0. The van der Waals surface area contributed by atoms with E-state index in [1.807, 2.05) is 0 Å². The number of aromatic nitrogens is 2. The minimum Gasteiger partial charge on any atom is -0.424 e. The van der Waals surface area contributed by atoms with Crippen LogP contribution in [0.1, 0.15) is 0 Å². The molecule has 6 heteroatoms. The summed E-state index contributed by atoms with van der Waals surface area (Å²) < 4.78 is 11.7. The summed E-state index contributed by atoms with van der Waals surface area (Å²) in [6, 6.07) is 5.40. The topological polar surface area (TPSA) is 87.2 Å². The summed E-state index contributed by atoms with van der Waals surface area (Å²) >= 11 is 0. The van der Waals surface area contributed by atoms with Gasteiger partial charge in [-0.2, -0.15) is 0 Å². The fraction of sp³-hybridized carbons (Fsp3) is 0.0909. The number of anilines is 1. The van der Waals surface area contributed by atoms with Gasteiger partial charge >= 0.3 is 5.76 Å². The molecule has 0 aliphatic carbocycles. The molecule has 0 atom stereocenters. The van der Waals surface area contributed by atoms with Gasteiger partial charge in [0.25, 0.3) is 6.01 Å². The Morgan fingerprint density at radius 2 is 2.18 bits per heavy atom.